The number of primary amides is 1. The molecule has 30 heavy (non-hydrogen) atoms. The van der Waals surface area contributed by atoms with Gasteiger partial charge in [-0.25, -0.2) is 13.1 Å². The van der Waals surface area contributed by atoms with Crippen molar-refractivity contribution in [3.05, 3.63) is 41.7 Å². The van der Waals surface area contributed by atoms with Gasteiger partial charge >= 0.3 is 0 Å². The Kier molecular flexibility index (Phi) is 6.58. The molecule has 0 bridgehead atoms. The van der Waals surface area contributed by atoms with E-state index in [0.29, 0.717) is 6.42 Å². The van der Waals surface area contributed by atoms with Gasteiger partial charge in [-0.2, -0.15) is 0 Å². The second kappa shape index (κ2) is 8.98. The summed E-state index contributed by atoms with van der Waals surface area (Å²) in [6.45, 7) is 1.55. The van der Waals surface area contributed by atoms with Crippen LogP contribution in [0.15, 0.2) is 44.5 Å². The number of sulfonamides is 1. The van der Waals surface area contributed by atoms with E-state index in [0.717, 1.165) is 11.3 Å². The molecule has 3 unspecified atom stereocenters. The minimum absolute atomic E-state index is 0.0361. The second-order valence-corrected chi connectivity index (χ2v) is 9.79. The largest absolute Gasteiger partial charge is 0.459 e. The summed E-state index contributed by atoms with van der Waals surface area (Å²) in [5.74, 6) is -1.75. The zero-order chi connectivity index (χ0) is 21.9. The predicted molar refractivity (Wildman–Crippen MR) is 108 cm³/mol. The number of piperidine rings is 1. The fourth-order valence-corrected chi connectivity index (χ4v) is 5.47. The van der Waals surface area contributed by atoms with Gasteiger partial charge in [0.1, 0.15) is 16.3 Å². The highest BCUT2D eigenvalue weighted by Crippen LogP contribution is 2.24. The first kappa shape index (κ1) is 22.0. The highest BCUT2D eigenvalue weighted by Gasteiger charge is 2.39. The van der Waals surface area contributed by atoms with Crippen molar-refractivity contribution in [1.29, 1.82) is 0 Å². The Balaban J connectivity index is 1.80. The number of furan rings is 1. The molecule has 0 radical (unpaired) electrons. The fourth-order valence-electron chi connectivity index (χ4n) is 3.18. The average molecular weight is 455 g/mol. The molecule has 2 aromatic heterocycles. The maximum Gasteiger partial charge on any atom is 0.290 e. The highest BCUT2D eigenvalue weighted by molar-refractivity contribution is 7.91. The van der Waals surface area contributed by atoms with Crippen LogP contribution in [0.1, 0.15) is 30.3 Å². The summed E-state index contributed by atoms with van der Waals surface area (Å²) in [6.07, 6.45) is 1.69. The minimum Gasteiger partial charge on any atom is -0.459 e. The van der Waals surface area contributed by atoms with E-state index in [1.54, 1.807) is 17.5 Å². The number of nitrogens with one attached hydrogen (secondary N) is 2. The van der Waals surface area contributed by atoms with Crippen LogP contribution in [0.2, 0.25) is 0 Å². The first-order chi connectivity index (χ1) is 14.2. The summed E-state index contributed by atoms with van der Waals surface area (Å²) in [5.41, 5.74) is 5.21. The monoisotopic (exact) mass is 454 g/mol. The van der Waals surface area contributed by atoms with Gasteiger partial charge in [0.15, 0.2) is 5.76 Å². The summed E-state index contributed by atoms with van der Waals surface area (Å²) >= 11 is 1.08. The van der Waals surface area contributed by atoms with Crippen molar-refractivity contribution in [3.63, 3.8) is 0 Å². The van der Waals surface area contributed by atoms with Crippen molar-refractivity contribution < 1.29 is 27.2 Å². The summed E-state index contributed by atoms with van der Waals surface area (Å²) in [5, 5.41) is 4.13. The molecule has 162 valence electrons. The molecule has 10 nitrogen and oxygen atoms in total. The van der Waals surface area contributed by atoms with Crippen molar-refractivity contribution in [1.82, 2.24) is 14.9 Å². The van der Waals surface area contributed by atoms with Crippen LogP contribution in [0.4, 0.5) is 0 Å². The molecule has 0 aromatic carbocycles. The van der Waals surface area contributed by atoms with Gasteiger partial charge in [0.25, 0.3) is 5.91 Å². The third-order valence-corrected chi connectivity index (χ3v) is 7.68. The van der Waals surface area contributed by atoms with Gasteiger partial charge in [0.05, 0.1) is 6.26 Å². The van der Waals surface area contributed by atoms with Gasteiger partial charge in [-0.3, -0.25) is 14.4 Å². The van der Waals surface area contributed by atoms with Gasteiger partial charge in [0.2, 0.25) is 21.8 Å². The molecule has 0 aliphatic carbocycles. The maximum atomic E-state index is 12.8. The lowest BCUT2D eigenvalue weighted by molar-refractivity contribution is -0.131. The number of carbonyl (C=O) groups excluding carboxylic acids is 3. The Morgan fingerprint density at radius 2 is 2.07 bits per heavy atom. The lowest BCUT2D eigenvalue weighted by Gasteiger charge is -2.38. The molecule has 3 heterocycles. The highest BCUT2D eigenvalue weighted by atomic mass is 32.2. The Hall–Kier alpha value is -2.70. The zero-order valence-corrected chi connectivity index (χ0v) is 17.7. The molecular formula is C18H22N4O6S2. The number of carbonyl (C=O) groups is 3. The average Bonchev–Trinajstić information content (AvgIpc) is 3.41. The maximum absolute atomic E-state index is 12.8. The van der Waals surface area contributed by atoms with E-state index in [2.05, 4.69) is 10.0 Å². The van der Waals surface area contributed by atoms with Crippen molar-refractivity contribution in [2.45, 2.75) is 42.1 Å². The topological polar surface area (TPSA) is 152 Å². The molecule has 1 saturated heterocycles. The van der Waals surface area contributed by atoms with E-state index in [-0.39, 0.29) is 22.9 Å². The van der Waals surface area contributed by atoms with E-state index < -0.39 is 45.9 Å². The number of likely N-dealkylation sites (tertiary alicyclic amines) is 1. The first-order valence-corrected chi connectivity index (χ1v) is 11.6. The van der Waals surface area contributed by atoms with Gasteiger partial charge < -0.3 is 20.4 Å². The Morgan fingerprint density at radius 1 is 1.30 bits per heavy atom. The first-order valence-electron chi connectivity index (χ1n) is 9.19. The van der Waals surface area contributed by atoms with Crippen molar-refractivity contribution in [3.8, 4) is 0 Å². The van der Waals surface area contributed by atoms with Crippen molar-refractivity contribution in [2.75, 3.05) is 6.54 Å². The van der Waals surface area contributed by atoms with Crippen LogP contribution in [0.3, 0.4) is 0 Å². The van der Waals surface area contributed by atoms with Gasteiger partial charge in [-0.15, -0.1) is 11.3 Å². The number of rotatable bonds is 7. The Labute approximate surface area is 177 Å². The van der Waals surface area contributed by atoms with E-state index in [4.69, 9.17) is 10.2 Å². The van der Waals surface area contributed by atoms with E-state index in [1.165, 1.54) is 30.2 Å². The smallest absolute Gasteiger partial charge is 0.290 e. The van der Waals surface area contributed by atoms with Crippen LogP contribution in [0, 0.1) is 0 Å². The third-order valence-electron chi connectivity index (χ3n) is 4.77. The number of nitrogens with zero attached hydrogens (tertiary/aromatic N) is 1. The van der Waals surface area contributed by atoms with Crippen molar-refractivity contribution in [2.24, 2.45) is 5.73 Å². The van der Waals surface area contributed by atoms with Crippen LogP contribution < -0.4 is 15.8 Å². The standard InChI is InChI=1S/C18H22N4O6S2/c1-11(16(19)23)20-17(24)13-10-12(21-30(26,27)15-5-3-9-29-15)6-7-22(13)18(25)14-4-2-8-28-14/h2-5,8-9,11-13,21H,6-7,10H2,1H3,(H2,19,23)(H,20,24). The van der Waals surface area contributed by atoms with Crippen LogP contribution >= 0.6 is 11.3 Å². The summed E-state index contributed by atoms with van der Waals surface area (Å²) in [6, 6.07) is 3.63. The van der Waals surface area contributed by atoms with Crippen LogP contribution in [-0.2, 0) is 19.6 Å². The third kappa shape index (κ3) is 4.89. The zero-order valence-electron chi connectivity index (χ0n) is 16.1. The SMILES string of the molecule is CC(NC(=O)C1CC(NS(=O)(=O)c2cccs2)CCN1C(=O)c1ccco1)C(N)=O. The summed E-state index contributed by atoms with van der Waals surface area (Å²) < 4.78 is 33.0. The second-order valence-electron chi connectivity index (χ2n) is 6.90. The van der Waals surface area contributed by atoms with Gasteiger partial charge in [-0.1, -0.05) is 6.07 Å². The quantitative estimate of drug-likeness (QED) is 0.547. The van der Waals surface area contributed by atoms with E-state index in [9.17, 15) is 22.8 Å². The number of nitrogens with two attached hydrogens (primary N) is 1. The number of amides is 3. The molecule has 1 fully saturated rings. The molecule has 0 saturated carbocycles. The van der Waals surface area contributed by atoms with Crippen molar-refractivity contribution >= 4 is 39.1 Å². The van der Waals surface area contributed by atoms with Crippen LogP contribution in [0.5, 0.6) is 0 Å². The van der Waals surface area contributed by atoms with Gasteiger partial charge in [0, 0.05) is 12.6 Å². The molecule has 3 atom stereocenters. The predicted octanol–water partition coefficient (Wildman–Crippen LogP) is 0.283. The molecule has 0 spiro atoms. The number of thiophene rings is 1. The molecule has 2 aromatic rings. The van der Waals surface area contributed by atoms with E-state index in [1.807, 2.05) is 0 Å². The Bertz CT molecular complexity index is 1000. The normalized spacial score (nSPS) is 20.5. The summed E-state index contributed by atoms with van der Waals surface area (Å²) in [7, 11) is -3.74. The van der Waals surface area contributed by atoms with Gasteiger partial charge in [-0.05, 0) is 43.3 Å². The summed E-state index contributed by atoms with van der Waals surface area (Å²) in [4.78, 5) is 38.3. The molecule has 3 rings (SSSR count). The molecule has 1 aliphatic heterocycles. The Morgan fingerprint density at radius 3 is 2.67 bits per heavy atom. The molecule has 4 N–H and O–H groups in total. The lowest BCUT2D eigenvalue weighted by atomic mass is 9.96. The lowest BCUT2D eigenvalue weighted by Crippen LogP contribution is -2.59. The molecule has 1 aliphatic rings. The fraction of sp³-hybridized carbons (Fsp3) is 0.389. The molecule has 12 heteroatoms. The number of hydrogen-bond donors (Lipinski definition) is 3. The minimum atomic E-state index is -3.74. The number of hydrogen-bond acceptors (Lipinski definition) is 7. The van der Waals surface area contributed by atoms with Crippen LogP contribution in [0.25, 0.3) is 0 Å². The van der Waals surface area contributed by atoms with Crippen LogP contribution in [-0.4, -0.2) is 55.7 Å². The molecular weight excluding hydrogens is 432 g/mol. The molecule has 3 amide bonds. The van der Waals surface area contributed by atoms with E-state index >= 15 is 0 Å².